The quantitative estimate of drug-likeness (QED) is 0.759. The van der Waals surface area contributed by atoms with Gasteiger partial charge in [-0.3, -0.25) is 0 Å². The zero-order valence-corrected chi connectivity index (χ0v) is 14.3. The molecule has 1 unspecified atom stereocenters. The molecule has 3 N–H and O–H groups in total. The lowest BCUT2D eigenvalue weighted by Crippen LogP contribution is -3.00. The first-order valence-corrected chi connectivity index (χ1v) is 7.89. The van der Waals surface area contributed by atoms with Gasteiger partial charge in [-0.1, -0.05) is 68.8 Å². The highest BCUT2D eigenvalue weighted by molar-refractivity contribution is 5.26. The average molecular weight is 322 g/mol. The van der Waals surface area contributed by atoms with E-state index < -0.39 is 0 Å². The molecule has 0 radical (unpaired) electrons. The molecule has 2 rings (SSSR count). The Bertz CT molecular complexity index is 461. The topological polar surface area (TPSA) is 36.8 Å². The van der Waals surface area contributed by atoms with E-state index in [2.05, 4.69) is 43.4 Å². The van der Waals surface area contributed by atoms with E-state index >= 15 is 0 Å². The Labute approximate surface area is 141 Å². The summed E-state index contributed by atoms with van der Waals surface area (Å²) in [5.74, 6) is 0. The molecule has 0 bridgehead atoms. The molecule has 122 valence electrons. The standard InChI is InChI=1S/C10H14O.C9H13N.ClH/c1-2-6-10(11)9-7-4-3-5-8-9;1-2-8-10-9-6-4-3-5-7-9;/h3-5,7-8,10-11H,2,6H2,1H3;3-7,10H,2,8H2,1H3;1H. The minimum absolute atomic E-state index is 0. The first-order valence-electron chi connectivity index (χ1n) is 7.89. The van der Waals surface area contributed by atoms with Gasteiger partial charge in [-0.15, -0.1) is 0 Å². The first kappa shape index (κ1) is 20.6. The summed E-state index contributed by atoms with van der Waals surface area (Å²) in [5, 5.41) is 11.8. The summed E-state index contributed by atoms with van der Waals surface area (Å²) in [6.45, 7) is 5.45. The normalized spacial score (nSPS) is 10.9. The van der Waals surface area contributed by atoms with Gasteiger partial charge in [0.25, 0.3) is 0 Å². The average Bonchev–Trinajstić information content (AvgIpc) is 2.55. The Kier molecular flexibility index (Phi) is 12.5. The van der Waals surface area contributed by atoms with E-state index in [4.69, 9.17) is 0 Å². The third kappa shape index (κ3) is 8.83. The third-order valence-electron chi connectivity index (χ3n) is 3.21. The molecule has 0 aliphatic rings. The molecule has 0 aliphatic heterocycles. The molecule has 0 saturated carbocycles. The Morgan fingerprint density at radius 1 is 0.864 bits per heavy atom. The van der Waals surface area contributed by atoms with E-state index in [-0.39, 0.29) is 18.5 Å². The van der Waals surface area contributed by atoms with Gasteiger partial charge in [-0.25, -0.2) is 0 Å². The minimum Gasteiger partial charge on any atom is -1.00 e. The summed E-state index contributed by atoms with van der Waals surface area (Å²) in [6.07, 6.45) is 2.83. The number of benzene rings is 2. The lowest BCUT2D eigenvalue weighted by molar-refractivity contribution is -0.571. The van der Waals surface area contributed by atoms with Crippen LogP contribution in [-0.2, 0) is 0 Å². The summed E-state index contributed by atoms with van der Waals surface area (Å²) >= 11 is 0. The molecule has 0 aromatic heterocycles. The van der Waals surface area contributed by atoms with Crippen LogP contribution >= 0.6 is 0 Å². The van der Waals surface area contributed by atoms with Crippen LogP contribution < -0.4 is 17.7 Å². The maximum absolute atomic E-state index is 9.52. The molecule has 0 fully saturated rings. The van der Waals surface area contributed by atoms with E-state index in [9.17, 15) is 5.11 Å². The van der Waals surface area contributed by atoms with Gasteiger partial charge in [0, 0.05) is 0 Å². The Morgan fingerprint density at radius 3 is 1.91 bits per heavy atom. The number of nitrogens with two attached hydrogens (primary N) is 1. The van der Waals surface area contributed by atoms with Gasteiger partial charge in [-0.05, 0) is 30.5 Å². The third-order valence-corrected chi connectivity index (χ3v) is 3.21. The van der Waals surface area contributed by atoms with Crippen LogP contribution in [0.5, 0.6) is 0 Å². The fourth-order valence-electron chi connectivity index (χ4n) is 2.02. The van der Waals surface area contributed by atoms with Crippen molar-refractivity contribution in [3.63, 3.8) is 0 Å². The fourth-order valence-corrected chi connectivity index (χ4v) is 2.02. The summed E-state index contributed by atoms with van der Waals surface area (Å²) in [6, 6.07) is 20.2. The van der Waals surface area contributed by atoms with Gasteiger partial charge in [-0.2, -0.15) is 0 Å². The van der Waals surface area contributed by atoms with Crippen molar-refractivity contribution in [2.75, 3.05) is 6.54 Å². The molecule has 0 heterocycles. The summed E-state index contributed by atoms with van der Waals surface area (Å²) in [7, 11) is 0. The fraction of sp³-hybridized carbons (Fsp3) is 0.368. The second-order valence-electron chi connectivity index (χ2n) is 5.12. The molecule has 0 spiro atoms. The number of rotatable bonds is 6. The Morgan fingerprint density at radius 2 is 1.41 bits per heavy atom. The molecule has 3 heteroatoms. The highest BCUT2D eigenvalue weighted by atomic mass is 35.5. The second kappa shape index (κ2) is 13.3. The number of aliphatic hydroxyl groups excluding tert-OH is 1. The molecular formula is C19H28ClNO. The number of para-hydroxylation sites is 1. The second-order valence-corrected chi connectivity index (χ2v) is 5.12. The van der Waals surface area contributed by atoms with Crippen LogP contribution in [0.3, 0.4) is 0 Å². The van der Waals surface area contributed by atoms with Gasteiger partial charge in [0.15, 0.2) is 0 Å². The van der Waals surface area contributed by atoms with Gasteiger partial charge in [0.2, 0.25) is 0 Å². The van der Waals surface area contributed by atoms with Crippen LogP contribution in [0.25, 0.3) is 0 Å². The molecular weight excluding hydrogens is 294 g/mol. The molecule has 22 heavy (non-hydrogen) atoms. The predicted molar refractivity (Wildman–Crippen MR) is 89.5 cm³/mol. The van der Waals surface area contributed by atoms with Gasteiger partial charge >= 0.3 is 0 Å². The zero-order chi connectivity index (χ0) is 15.3. The minimum atomic E-state index is -0.277. The highest BCUT2D eigenvalue weighted by Gasteiger charge is 2.03. The van der Waals surface area contributed by atoms with Crippen molar-refractivity contribution in [2.45, 2.75) is 39.2 Å². The Hall–Kier alpha value is -1.35. The van der Waals surface area contributed by atoms with E-state index in [1.54, 1.807) is 0 Å². The van der Waals surface area contributed by atoms with Gasteiger partial charge < -0.3 is 22.8 Å². The smallest absolute Gasteiger partial charge is 0.129 e. The van der Waals surface area contributed by atoms with Crippen molar-refractivity contribution in [3.8, 4) is 0 Å². The molecule has 1 atom stereocenters. The van der Waals surface area contributed by atoms with Gasteiger partial charge in [0.1, 0.15) is 5.69 Å². The van der Waals surface area contributed by atoms with E-state index in [0.717, 1.165) is 18.4 Å². The molecule has 0 aliphatic carbocycles. The molecule has 2 aromatic carbocycles. The maximum Gasteiger partial charge on any atom is 0.129 e. The lowest BCUT2D eigenvalue weighted by Gasteiger charge is -2.07. The van der Waals surface area contributed by atoms with Crippen molar-refractivity contribution >= 4 is 5.69 Å². The summed E-state index contributed by atoms with van der Waals surface area (Å²) in [4.78, 5) is 0. The number of halogens is 1. The Balaban J connectivity index is 0.000000385. The molecule has 0 saturated heterocycles. The zero-order valence-electron chi connectivity index (χ0n) is 13.6. The number of aliphatic hydroxyl groups is 1. The molecule has 2 nitrogen and oxygen atoms in total. The summed E-state index contributed by atoms with van der Waals surface area (Å²) < 4.78 is 0. The van der Waals surface area contributed by atoms with Crippen LogP contribution in [0.15, 0.2) is 60.7 Å². The molecule has 0 amide bonds. The maximum atomic E-state index is 9.52. The van der Waals surface area contributed by atoms with Crippen molar-refractivity contribution in [3.05, 3.63) is 66.2 Å². The van der Waals surface area contributed by atoms with Crippen LogP contribution in [0.1, 0.15) is 44.8 Å². The number of hydrogen-bond acceptors (Lipinski definition) is 1. The van der Waals surface area contributed by atoms with Crippen LogP contribution in [-0.4, -0.2) is 11.7 Å². The first-order chi connectivity index (χ1) is 10.3. The van der Waals surface area contributed by atoms with E-state index in [1.165, 1.54) is 18.7 Å². The SMILES string of the molecule is CCCC(O)c1ccccc1.CCC[NH2+]c1ccccc1.[Cl-]. The predicted octanol–water partition coefficient (Wildman–Crippen LogP) is 0.816. The van der Waals surface area contributed by atoms with E-state index in [1.807, 2.05) is 36.4 Å². The lowest BCUT2D eigenvalue weighted by atomic mass is 10.1. The van der Waals surface area contributed by atoms with Crippen LogP contribution in [0, 0.1) is 0 Å². The number of hydrogen-bond donors (Lipinski definition) is 2. The monoisotopic (exact) mass is 321 g/mol. The van der Waals surface area contributed by atoms with Crippen molar-refractivity contribution in [1.82, 2.24) is 0 Å². The largest absolute Gasteiger partial charge is 1.00 e. The van der Waals surface area contributed by atoms with Crippen LogP contribution in [0.4, 0.5) is 5.69 Å². The van der Waals surface area contributed by atoms with Gasteiger partial charge in [0.05, 0.1) is 12.6 Å². The highest BCUT2D eigenvalue weighted by Crippen LogP contribution is 2.16. The molecule has 2 aromatic rings. The summed E-state index contributed by atoms with van der Waals surface area (Å²) in [5.41, 5.74) is 2.36. The number of quaternary nitrogens is 1. The van der Waals surface area contributed by atoms with E-state index in [0.29, 0.717) is 0 Å². The van der Waals surface area contributed by atoms with Crippen LogP contribution in [0.2, 0.25) is 0 Å². The van der Waals surface area contributed by atoms with Crippen molar-refractivity contribution < 1.29 is 22.8 Å². The van der Waals surface area contributed by atoms with Crippen molar-refractivity contribution in [1.29, 1.82) is 0 Å². The van der Waals surface area contributed by atoms with Crippen molar-refractivity contribution in [2.24, 2.45) is 0 Å².